The van der Waals surface area contributed by atoms with Crippen molar-refractivity contribution in [3.8, 4) is 11.5 Å². The number of nitrogens with one attached hydrogen (secondary N) is 1. The second-order valence-corrected chi connectivity index (χ2v) is 14.6. The number of carbonyl (C=O) groups is 2. The Hall–Kier alpha value is -4.32. The fraction of sp³-hybridized carbons (Fsp3) is 0.297. The molecule has 4 aromatic rings. The van der Waals surface area contributed by atoms with Gasteiger partial charge in [-0.1, -0.05) is 72.4 Å². The maximum atomic E-state index is 14.7. The molecule has 0 spiro atoms. The molecule has 1 fully saturated rings. The Kier molecular flexibility index (Phi) is 12.3. The lowest BCUT2D eigenvalue weighted by atomic mass is 10.0. The molecule has 13 heteroatoms. The zero-order valence-corrected chi connectivity index (χ0v) is 30.0. The van der Waals surface area contributed by atoms with E-state index >= 15 is 0 Å². The van der Waals surface area contributed by atoms with Crippen LogP contribution in [-0.2, 0) is 32.6 Å². The molecular weight excluding hydrogens is 704 g/mol. The number of anilines is 1. The van der Waals surface area contributed by atoms with Crippen LogP contribution in [0.3, 0.4) is 0 Å². The third-order valence-electron chi connectivity index (χ3n) is 8.65. The van der Waals surface area contributed by atoms with Crippen LogP contribution in [-0.4, -0.2) is 58.0 Å². The molecule has 0 saturated heterocycles. The van der Waals surface area contributed by atoms with E-state index < -0.39 is 34.3 Å². The fourth-order valence-corrected chi connectivity index (χ4v) is 7.75. The maximum Gasteiger partial charge on any atom is 0.264 e. The predicted octanol–water partition coefficient (Wildman–Crippen LogP) is 7.04. The smallest absolute Gasteiger partial charge is 0.264 e. The van der Waals surface area contributed by atoms with Crippen molar-refractivity contribution in [2.45, 2.75) is 55.6 Å². The van der Waals surface area contributed by atoms with Crippen molar-refractivity contribution in [2.24, 2.45) is 0 Å². The average molecular weight is 743 g/mol. The lowest BCUT2D eigenvalue weighted by Gasteiger charge is -2.34. The number of methoxy groups -OCH3 is 2. The van der Waals surface area contributed by atoms with E-state index in [-0.39, 0.29) is 46.3 Å². The second-order valence-electron chi connectivity index (χ2n) is 12.0. The van der Waals surface area contributed by atoms with Crippen LogP contribution in [0.5, 0.6) is 11.5 Å². The summed E-state index contributed by atoms with van der Waals surface area (Å²) in [5, 5.41) is 3.71. The largest absolute Gasteiger partial charge is 0.493 e. The van der Waals surface area contributed by atoms with Gasteiger partial charge >= 0.3 is 0 Å². The highest BCUT2D eigenvalue weighted by atomic mass is 35.5. The highest BCUT2D eigenvalue weighted by Gasteiger charge is 2.36. The summed E-state index contributed by atoms with van der Waals surface area (Å²) in [6.45, 7) is -0.801. The summed E-state index contributed by atoms with van der Waals surface area (Å²) in [6, 6.07) is 21.9. The highest BCUT2D eigenvalue weighted by Crippen LogP contribution is 2.33. The molecule has 1 unspecified atom stereocenters. The second kappa shape index (κ2) is 16.6. The summed E-state index contributed by atoms with van der Waals surface area (Å²) in [6.07, 6.45) is 3.78. The summed E-state index contributed by atoms with van der Waals surface area (Å²) in [4.78, 5) is 30.0. The third-order valence-corrected chi connectivity index (χ3v) is 11.2. The third kappa shape index (κ3) is 8.88. The van der Waals surface area contributed by atoms with Crippen LogP contribution >= 0.6 is 23.2 Å². The van der Waals surface area contributed by atoms with Crippen LogP contribution in [0.15, 0.2) is 95.9 Å². The monoisotopic (exact) mass is 741 g/mol. The molecule has 0 heterocycles. The molecule has 9 nitrogen and oxygen atoms in total. The molecule has 1 atom stereocenters. The Balaban J connectivity index is 1.59. The number of rotatable bonds is 14. The highest BCUT2D eigenvalue weighted by molar-refractivity contribution is 7.92. The van der Waals surface area contributed by atoms with E-state index in [9.17, 15) is 22.4 Å². The minimum absolute atomic E-state index is 0.0381. The minimum Gasteiger partial charge on any atom is -0.493 e. The van der Waals surface area contributed by atoms with Crippen molar-refractivity contribution in [3.63, 3.8) is 0 Å². The van der Waals surface area contributed by atoms with Gasteiger partial charge in [-0.2, -0.15) is 0 Å². The van der Waals surface area contributed by atoms with Gasteiger partial charge in [0.25, 0.3) is 10.0 Å². The first-order valence-electron chi connectivity index (χ1n) is 16.1. The standard InChI is InChI=1S/C37H38Cl2FN3O6S/c1-48-34-19-17-30(22-35(34)49-2)50(46,47)43(29-15-13-27(40)14-16-29)24-36(44)42(23-26-12-18-31(38)32(39)20-26)33(21-25-8-4-3-5-9-25)37(45)41-28-10-6-7-11-28/h3-5,8-9,12-20,22,28,33H,6-7,10-11,21,23-24H2,1-2H3,(H,41,45). The van der Waals surface area contributed by atoms with Crippen LogP contribution in [0.4, 0.5) is 10.1 Å². The summed E-state index contributed by atoms with van der Waals surface area (Å²) >= 11 is 12.6. The van der Waals surface area contributed by atoms with E-state index in [0.29, 0.717) is 16.3 Å². The van der Waals surface area contributed by atoms with Gasteiger partial charge in [-0.25, -0.2) is 12.8 Å². The van der Waals surface area contributed by atoms with Gasteiger partial charge in [0, 0.05) is 25.1 Å². The van der Waals surface area contributed by atoms with Gasteiger partial charge in [0.1, 0.15) is 18.4 Å². The van der Waals surface area contributed by atoms with Gasteiger partial charge in [-0.3, -0.25) is 13.9 Å². The predicted molar refractivity (Wildman–Crippen MR) is 192 cm³/mol. The van der Waals surface area contributed by atoms with Gasteiger partial charge in [0.2, 0.25) is 11.8 Å². The Labute approximate surface area is 301 Å². The Morgan fingerprint density at radius 1 is 0.860 bits per heavy atom. The van der Waals surface area contributed by atoms with Gasteiger partial charge < -0.3 is 19.7 Å². The van der Waals surface area contributed by atoms with E-state index in [2.05, 4.69) is 5.32 Å². The number of halogens is 3. The van der Waals surface area contributed by atoms with Gasteiger partial charge in [-0.15, -0.1) is 0 Å². The molecule has 0 aromatic heterocycles. The van der Waals surface area contributed by atoms with Crippen LogP contribution in [0.1, 0.15) is 36.8 Å². The van der Waals surface area contributed by atoms with E-state index in [1.807, 2.05) is 30.3 Å². The summed E-state index contributed by atoms with van der Waals surface area (Å²) in [5.74, 6) is -1.15. The number of sulfonamides is 1. The van der Waals surface area contributed by atoms with Crippen molar-refractivity contribution >= 4 is 50.7 Å². The van der Waals surface area contributed by atoms with Gasteiger partial charge in [0.15, 0.2) is 11.5 Å². The molecule has 1 saturated carbocycles. The quantitative estimate of drug-likeness (QED) is 0.149. The molecule has 2 amide bonds. The van der Waals surface area contributed by atoms with Crippen molar-refractivity contribution in [3.05, 3.63) is 118 Å². The zero-order chi connectivity index (χ0) is 35.8. The Morgan fingerprint density at radius 2 is 1.54 bits per heavy atom. The normalized spacial score (nSPS) is 13.8. The zero-order valence-electron chi connectivity index (χ0n) is 27.7. The Morgan fingerprint density at radius 3 is 2.18 bits per heavy atom. The summed E-state index contributed by atoms with van der Waals surface area (Å²) < 4.78 is 54.3. The molecule has 1 N–H and O–H groups in total. The van der Waals surface area contributed by atoms with Crippen molar-refractivity contribution in [2.75, 3.05) is 25.1 Å². The van der Waals surface area contributed by atoms with Gasteiger partial charge in [0.05, 0.1) is 34.8 Å². The van der Waals surface area contributed by atoms with Crippen molar-refractivity contribution < 1.29 is 31.9 Å². The first-order valence-corrected chi connectivity index (χ1v) is 18.3. The van der Waals surface area contributed by atoms with Crippen LogP contribution in [0.2, 0.25) is 10.0 Å². The molecule has 1 aliphatic rings. The van der Waals surface area contributed by atoms with Crippen LogP contribution in [0, 0.1) is 5.82 Å². The van der Waals surface area contributed by atoms with E-state index in [1.54, 1.807) is 18.2 Å². The fourth-order valence-electron chi connectivity index (χ4n) is 6.00. The molecule has 264 valence electrons. The molecule has 0 aliphatic heterocycles. The topological polar surface area (TPSA) is 105 Å². The number of nitrogens with zero attached hydrogens (tertiary/aromatic N) is 2. The maximum absolute atomic E-state index is 14.7. The van der Waals surface area contributed by atoms with E-state index in [0.717, 1.165) is 47.7 Å². The van der Waals surface area contributed by atoms with Crippen LogP contribution in [0.25, 0.3) is 0 Å². The molecule has 0 radical (unpaired) electrons. The molecule has 5 rings (SSSR count). The molecular formula is C37H38Cl2FN3O6S. The lowest BCUT2D eigenvalue weighted by Crippen LogP contribution is -2.54. The SMILES string of the molecule is COc1ccc(S(=O)(=O)N(CC(=O)N(Cc2ccc(Cl)c(Cl)c2)C(Cc2ccccc2)C(=O)NC2CCCC2)c2ccc(F)cc2)cc1OC. The lowest BCUT2D eigenvalue weighted by molar-refractivity contribution is -0.140. The molecule has 0 bridgehead atoms. The van der Waals surface area contributed by atoms with Crippen molar-refractivity contribution in [1.82, 2.24) is 10.2 Å². The molecule has 1 aliphatic carbocycles. The van der Waals surface area contributed by atoms with Gasteiger partial charge in [-0.05, 0) is 72.5 Å². The number of hydrogen-bond donors (Lipinski definition) is 1. The first kappa shape index (κ1) is 36.9. The summed E-state index contributed by atoms with van der Waals surface area (Å²) in [5.41, 5.74) is 1.42. The molecule has 4 aromatic carbocycles. The summed E-state index contributed by atoms with van der Waals surface area (Å²) in [7, 11) is -1.67. The number of benzene rings is 4. The van der Waals surface area contributed by atoms with Crippen LogP contribution < -0.4 is 19.1 Å². The first-order chi connectivity index (χ1) is 24.0. The number of amides is 2. The Bertz CT molecular complexity index is 1910. The average Bonchev–Trinajstić information content (AvgIpc) is 3.63. The van der Waals surface area contributed by atoms with E-state index in [1.165, 1.54) is 49.5 Å². The number of carbonyl (C=O) groups excluding carboxylic acids is 2. The number of ether oxygens (including phenoxy) is 2. The van der Waals surface area contributed by atoms with Crippen molar-refractivity contribution in [1.29, 1.82) is 0 Å². The number of hydrogen-bond acceptors (Lipinski definition) is 6. The minimum atomic E-state index is -4.47. The van der Waals surface area contributed by atoms with E-state index in [4.69, 9.17) is 32.7 Å². The molecule has 50 heavy (non-hydrogen) atoms.